The first-order valence-corrected chi connectivity index (χ1v) is 9.73. The number of hydrogen-bond donors (Lipinski definition) is 1. The fraction of sp³-hybridized carbons (Fsp3) is 0.143. The fourth-order valence-electron chi connectivity index (χ4n) is 3.04. The second kappa shape index (κ2) is 7.82. The standard InChI is InChI=1S/C21H18N2O4S/c1-26-17-5-2-4-16(12-17)23-19(24)13-28-21(23)14-7-9-15(10-8-14)22-20(25)18-6-3-11-27-18/h2-12,21H,13H2,1H3,(H,22,25). The number of methoxy groups -OCH3 is 1. The predicted molar refractivity (Wildman–Crippen MR) is 109 cm³/mol. The van der Waals surface area contributed by atoms with Crippen LogP contribution in [0.3, 0.4) is 0 Å². The molecule has 6 nitrogen and oxygen atoms in total. The molecule has 0 aliphatic carbocycles. The smallest absolute Gasteiger partial charge is 0.291 e. The van der Waals surface area contributed by atoms with E-state index in [4.69, 9.17) is 9.15 Å². The minimum absolute atomic E-state index is 0.0541. The van der Waals surface area contributed by atoms with Crippen LogP contribution in [-0.2, 0) is 4.79 Å². The average molecular weight is 394 g/mol. The Bertz CT molecular complexity index is 986. The van der Waals surface area contributed by atoms with E-state index in [1.54, 1.807) is 35.9 Å². The molecule has 0 radical (unpaired) electrons. The zero-order chi connectivity index (χ0) is 19.5. The summed E-state index contributed by atoms with van der Waals surface area (Å²) in [7, 11) is 1.60. The Kier molecular flexibility index (Phi) is 5.08. The highest BCUT2D eigenvalue weighted by molar-refractivity contribution is 8.00. The summed E-state index contributed by atoms with van der Waals surface area (Å²) in [6, 6.07) is 18.2. The van der Waals surface area contributed by atoms with Crippen LogP contribution in [0, 0.1) is 0 Å². The summed E-state index contributed by atoms with van der Waals surface area (Å²) >= 11 is 1.57. The highest BCUT2D eigenvalue weighted by Gasteiger charge is 2.34. The van der Waals surface area contributed by atoms with Crippen molar-refractivity contribution in [1.82, 2.24) is 0 Å². The summed E-state index contributed by atoms with van der Waals surface area (Å²) in [5, 5.41) is 2.66. The molecule has 7 heteroatoms. The van der Waals surface area contributed by atoms with E-state index in [1.807, 2.05) is 48.5 Å². The largest absolute Gasteiger partial charge is 0.497 e. The highest BCUT2D eigenvalue weighted by Crippen LogP contribution is 2.42. The first-order valence-electron chi connectivity index (χ1n) is 8.68. The number of thioether (sulfide) groups is 1. The van der Waals surface area contributed by atoms with Crippen molar-refractivity contribution in [2.24, 2.45) is 0 Å². The fourth-order valence-corrected chi connectivity index (χ4v) is 4.22. The van der Waals surface area contributed by atoms with E-state index >= 15 is 0 Å². The van der Waals surface area contributed by atoms with Crippen molar-refractivity contribution in [1.29, 1.82) is 0 Å². The maximum Gasteiger partial charge on any atom is 0.291 e. The Hall–Kier alpha value is -3.19. The number of benzene rings is 2. The Balaban J connectivity index is 1.54. The highest BCUT2D eigenvalue weighted by atomic mass is 32.2. The van der Waals surface area contributed by atoms with Gasteiger partial charge in [-0.3, -0.25) is 14.5 Å². The van der Waals surface area contributed by atoms with Crippen molar-refractivity contribution in [2.45, 2.75) is 5.37 Å². The lowest BCUT2D eigenvalue weighted by Crippen LogP contribution is -2.27. The number of nitrogens with zero attached hydrogens (tertiary/aromatic N) is 1. The van der Waals surface area contributed by atoms with Crippen LogP contribution in [0.1, 0.15) is 21.5 Å². The number of rotatable bonds is 5. The minimum Gasteiger partial charge on any atom is -0.497 e. The first kappa shape index (κ1) is 18.2. The number of carbonyl (C=O) groups is 2. The lowest BCUT2D eigenvalue weighted by molar-refractivity contribution is -0.115. The second-order valence-electron chi connectivity index (χ2n) is 6.18. The van der Waals surface area contributed by atoms with Crippen LogP contribution in [0.4, 0.5) is 11.4 Å². The molecule has 28 heavy (non-hydrogen) atoms. The molecule has 1 fully saturated rings. The van der Waals surface area contributed by atoms with Gasteiger partial charge in [0.05, 0.1) is 19.1 Å². The molecular formula is C21H18N2O4S. The van der Waals surface area contributed by atoms with Crippen LogP contribution in [0.2, 0.25) is 0 Å². The lowest BCUT2D eigenvalue weighted by atomic mass is 10.1. The van der Waals surface area contributed by atoms with Crippen molar-refractivity contribution in [3.05, 3.63) is 78.3 Å². The Morgan fingerprint density at radius 2 is 2.00 bits per heavy atom. The summed E-state index contributed by atoms with van der Waals surface area (Å²) in [6.07, 6.45) is 1.46. The average Bonchev–Trinajstić information content (AvgIpc) is 3.39. The maximum atomic E-state index is 12.5. The van der Waals surface area contributed by atoms with Gasteiger partial charge in [-0.25, -0.2) is 0 Å². The molecule has 142 valence electrons. The molecule has 1 unspecified atom stereocenters. The van der Waals surface area contributed by atoms with E-state index in [0.29, 0.717) is 17.2 Å². The number of nitrogens with one attached hydrogen (secondary N) is 1. The van der Waals surface area contributed by atoms with E-state index in [2.05, 4.69) is 5.32 Å². The lowest BCUT2D eigenvalue weighted by Gasteiger charge is -2.25. The molecule has 2 heterocycles. The van der Waals surface area contributed by atoms with Crippen LogP contribution in [-0.4, -0.2) is 24.7 Å². The van der Waals surface area contributed by atoms with Gasteiger partial charge in [-0.15, -0.1) is 11.8 Å². The molecule has 0 saturated carbocycles. The predicted octanol–water partition coefficient (Wildman–Crippen LogP) is 4.32. The minimum atomic E-state index is -0.304. The summed E-state index contributed by atoms with van der Waals surface area (Å²) < 4.78 is 10.4. The molecule has 1 atom stereocenters. The number of furan rings is 1. The summed E-state index contributed by atoms with van der Waals surface area (Å²) in [5.74, 6) is 1.13. The number of hydrogen-bond acceptors (Lipinski definition) is 5. The van der Waals surface area contributed by atoms with Crippen LogP contribution in [0.5, 0.6) is 5.75 Å². The molecular weight excluding hydrogens is 376 g/mol. The van der Waals surface area contributed by atoms with Crippen LogP contribution in [0.25, 0.3) is 0 Å². The van der Waals surface area contributed by atoms with Crippen molar-refractivity contribution < 1.29 is 18.7 Å². The molecule has 3 aromatic rings. The molecule has 0 bridgehead atoms. The molecule has 0 spiro atoms. The number of anilines is 2. The third-order valence-corrected chi connectivity index (χ3v) is 5.61. The van der Waals surface area contributed by atoms with Gasteiger partial charge in [0.25, 0.3) is 5.91 Å². The van der Waals surface area contributed by atoms with Crippen molar-refractivity contribution >= 4 is 35.0 Å². The Labute approximate surface area is 166 Å². The van der Waals surface area contributed by atoms with Crippen molar-refractivity contribution in [3.8, 4) is 5.75 Å². The zero-order valence-electron chi connectivity index (χ0n) is 15.1. The third kappa shape index (κ3) is 3.61. The van der Waals surface area contributed by atoms with Gasteiger partial charge in [-0.2, -0.15) is 0 Å². The van der Waals surface area contributed by atoms with Gasteiger partial charge in [0.1, 0.15) is 11.1 Å². The number of carbonyl (C=O) groups excluding carboxylic acids is 2. The molecule has 1 aromatic heterocycles. The summed E-state index contributed by atoms with van der Waals surface area (Å²) in [5.41, 5.74) is 2.44. The van der Waals surface area contributed by atoms with Gasteiger partial charge in [0.2, 0.25) is 5.91 Å². The van der Waals surface area contributed by atoms with E-state index in [1.165, 1.54) is 6.26 Å². The number of ether oxygens (including phenoxy) is 1. The van der Waals surface area contributed by atoms with Gasteiger partial charge in [-0.05, 0) is 42.0 Å². The van der Waals surface area contributed by atoms with Crippen LogP contribution >= 0.6 is 11.8 Å². The van der Waals surface area contributed by atoms with Crippen LogP contribution in [0.15, 0.2) is 71.3 Å². The monoisotopic (exact) mass is 394 g/mol. The SMILES string of the molecule is COc1cccc(N2C(=O)CSC2c2ccc(NC(=O)c3ccco3)cc2)c1. The van der Waals surface area contributed by atoms with E-state index < -0.39 is 0 Å². The normalized spacial score (nSPS) is 16.2. The molecule has 1 saturated heterocycles. The van der Waals surface area contributed by atoms with Crippen molar-refractivity contribution in [2.75, 3.05) is 23.1 Å². The second-order valence-corrected chi connectivity index (χ2v) is 7.25. The van der Waals surface area contributed by atoms with Crippen molar-refractivity contribution in [3.63, 3.8) is 0 Å². The molecule has 1 aliphatic rings. The summed E-state index contributed by atoms with van der Waals surface area (Å²) in [6.45, 7) is 0. The third-order valence-electron chi connectivity index (χ3n) is 4.40. The first-order chi connectivity index (χ1) is 13.7. The number of amides is 2. The summed E-state index contributed by atoms with van der Waals surface area (Å²) in [4.78, 5) is 26.4. The Morgan fingerprint density at radius 1 is 1.18 bits per heavy atom. The zero-order valence-corrected chi connectivity index (χ0v) is 15.9. The molecule has 1 N–H and O–H groups in total. The van der Waals surface area contributed by atoms with Gasteiger partial charge in [0.15, 0.2) is 5.76 Å². The van der Waals surface area contributed by atoms with E-state index in [-0.39, 0.29) is 22.9 Å². The van der Waals surface area contributed by atoms with E-state index in [9.17, 15) is 9.59 Å². The quantitative estimate of drug-likeness (QED) is 0.698. The van der Waals surface area contributed by atoms with Gasteiger partial charge >= 0.3 is 0 Å². The topological polar surface area (TPSA) is 71.8 Å². The van der Waals surface area contributed by atoms with Crippen LogP contribution < -0.4 is 15.0 Å². The molecule has 1 aliphatic heterocycles. The van der Waals surface area contributed by atoms with Gasteiger partial charge in [0, 0.05) is 17.4 Å². The van der Waals surface area contributed by atoms with Gasteiger partial charge < -0.3 is 14.5 Å². The maximum absolute atomic E-state index is 12.5. The van der Waals surface area contributed by atoms with E-state index in [0.717, 1.165) is 11.3 Å². The molecule has 2 amide bonds. The Morgan fingerprint density at radius 3 is 2.71 bits per heavy atom. The molecule has 4 rings (SSSR count). The molecule has 2 aromatic carbocycles. The van der Waals surface area contributed by atoms with Gasteiger partial charge in [-0.1, -0.05) is 18.2 Å².